The van der Waals surface area contributed by atoms with Crippen molar-refractivity contribution in [2.45, 2.75) is 25.9 Å². The molecular weight excluding hydrogens is 484 g/mol. The van der Waals surface area contributed by atoms with E-state index in [-0.39, 0.29) is 18.1 Å². The number of ether oxygens (including phenoxy) is 2. The van der Waals surface area contributed by atoms with Gasteiger partial charge in [-0.05, 0) is 86.2 Å². The first-order chi connectivity index (χ1) is 17.9. The Kier molecular flexibility index (Phi) is 6.67. The van der Waals surface area contributed by atoms with E-state index in [0.29, 0.717) is 10.7 Å². The lowest BCUT2D eigenvalue weighted by atomic mass is 9.96. The summed E-state index contributed by atoms with van der Waals surface area (Å²) in [7, 11) is 3.04. The van der Waals surface area contributed by atoms with Gasteiger partial charge in [0.2, 0.25) is 0 Å². The Morgan fingerprint density at radius 3 is 2.43 bits per heavy atom. The van der Waals surface area contributed by atoms with Gasteiger partial charge < -0.3 is 24.3 Å². The van der Waals surface area contributed by atoms with Crippen molar-refractivity contribution in [3.63, 3.8) is 0 Å². The summed E-state index contributed by atoms with van der Waals surface area (Å²) in [6, 6.07) is 23.2. The zero-order valence-electron chi connectivity index (χ0n) is 21.1. The molecule has 188 valence electrons. The summed E-state index contributed by atoms with van der Waals surface area (Å²) in [5.41, 5.74) is 6.60. The summed E-state index contributed by atoms with van der Waals surface area (Å²) >= 11 is 5.88. The molecule has 8 heteroatoms. The molecule has 37 heavy (non-hydrogen) atoms. The van der Waals surface area contributed by atoms with Crippen molar-refractivity contribution >= 4 is 29.0 Å². The molecule has 2 aromatic heterocycles. The summed E-state index contributed by atoms with van der Waals surface area (Å²) in [4.78, 5) is 18.7. The number of nitrogens with one attached hydrogen (secondary N) is 1. The number of pyridine rings is 1. The van der Waals surface area contributed by atoms with Crippen LogP contribution in [-0.2, 0) is 4.74 Å². The molecule has 2 atom stereocenters. The maximum atomic E-state index is 11.9. The molecule has 0 radical (unpaired) electrons. The van der Waals surface area contributed by atoms with Gasteiger partial charge in [0.05, 0.1) is 37.6 Å². The van der Waals surface area contributed by atoms with Crippen LogP contribution in [-0.4, -0.2) is 34.9 Å². The third-order valence-electron chi connectivity index (χ3n) is 6.77. The third kappa shape index (κ3) is 4.44. The molecule has 0 saturated carbocycles. The number of esters is 1. The van der Waals surface area contributed by atoms with Gasteiger partial charge in [-0.1, -0.05) is 12.1 Å². The number of hydrogen-bond acceptors (Lipinski definition) is 5. The van der Waals surface area contributed by atoms with E-state index in [4.69, 9.17) is 21.7 Å². The molecule has 4 aromatic rings. The van der Waals surface area contributed by atoms with Gasteiger partial charge >= 0.3 is 5.97 Å². The number of carbonyl (C=O) groups excluding carboxylic acids is 1. The Hall–Kier alpha value is -4.17. The average Bonchev–Trinajstić information content (AvgIpc) is 3.43. The predicted molar refractivity (Wildman–Crippen MR) is 148 cm³/mol. The maximum Gasteiger partial charge on any atom is 0.337 e. The zero-order valence-corrected chi connectivity index (χ0v) is 22.0. The molecule has 3 heterocycles. The Morgan fingerprint density at radius 1 is 0.973 bits per heavy atom. The average molecular weight is 513 g/mol. The van der Waals surface area contributed by atoms with Crippen LogP contribution in [0.4, 0.5) is 5.69 Å². The second kappa shape index (κ2) is 10.1. The van der Waals surface area contributed by atoms with Crippen LogP contribution >= 0.6 is 12.2 Å². The molecule has 0 spiro atoms. The molecule has 0 unspecified atom stereocenters. The highest BCUT2D eigenvalue weighted by Crippen LogP contribution is 2.44. The van der Waals surface area contributed by atoms with E-state index in [1.165, 1.54) is 7.11 Å². The SMILES string of the molecule is COC(=O)c1ccc(-n2c(C)cc([C@H]3[C@@H](c4ccccn4)NC(=S)N3c3cccc(OC)c3)c2C)cc1. The van der Waals surface area contributed by atoms with Crippen molar-refractivity contribution in [3.8, 4) is 11.4 Å². The maximum absolute atomic E-state index is 11.9. The van der Waals surface area contributed by atoms with Gasteiger partial charge in [-0.15, -0.1) is 0 Å². The summed E-state index contributed by atoms with van der Waals surface area (Å²) in [6.07, 6.45) is 1.80. The second-order valence-corrected chi connectivity index (χ2v) is 9.29. The van der Waals surface area contributed by atoms with Crippen LogP contribution in [0, 0.1) is 13.8 Å². The highest BCUT2D eigenvalue weighted by Gasteiger charge is 2.42. The summed E-state index contributed by atoms with van der Waals surface area (Å²) < 4.78 is 12.5. The molecule has 0 amide bonds. The largest absolute Gasteiger partial charge is 0.497 e. The number of aryl methyl sites for hydroxylation is 1. The Labute approximate surface area is 221 Å². The smallest absolute Gasteiger partial charge is 0.337 e. The van der Waals surface area contributed by atoms with Crippen molar-refractivity contribution in [1.82, 2.24) is 14.9 Å². The van der Waals surface area contributed by atoms with Crippen LogP contribution in [0.3, 0.4) is 0 Å². The number of methoxy groups -OCH3 is 2. The second-order valence-electron chi connectivity index (χ2n) is 8.90. The molecule has 1 N–H and O–H groups in total. The van der Waals surface area contributed by atoms with Gasteiger partial charge in [-0.2, -0.15) is 0 Å². The van der Waals surface area contributed by atoms with E-state index in [1.54, 1.807) is 25.4 Å². The minimum absolute atomic E-state index is 0.149. The molecule has 0 bridgehead atoms. The quantitative estimate of drug-likeness (QED) is 0.272. The van der Waals surface area contributed by atoms with E-state index in [9.17, 15) is 4.79 Å². The number of nitrogens with zero attached hydrogens (tertiary/aromatic N) is 3. The first-order valence-electron chi connectivity index (χ1n) is 11.9. The number of benzene rings is 2. The van der Waals surface area contributed by atoms with Gasteiger partial charge in [0.25, 0.3) is 0 Å². The van der Waals surface area contributed by atoms with Crippen molar-refractivity contribution in [3.05, 3.63) is 107 Å². The van der Waals surface area contributed by atoms with Crippen LogP contribution in [0.25, 0.3) is 5.69 Å². The zero-order chi connectivity index (χ0) is 26.1. The van der Waals surface area contributed by atoms with E-state index in [1.807, 2.05) is 54.6 Å². The van der Waals surface area contributed by atoms with Crippen LogP contribution in [0.15, 0.2) is 79.0 Å². The highest BCUT2D eigenvalue weighted by atomic mass is 32.1. The minimum atomic E-state index is -0.356. The molecule has 5 rings (SSSR count). The number of anilines is 1. The number of aromatic nitrogens is 2. The lowest BCUT2D eigenvalue weighted by Gasteiger charge is -2.28. The predicted octanol–water partition coefficient (Wildman–Crippen LogP) is 5.46. The van der Waals surface area contributed by atoms with Gasteiger partial charge in [-0.3, -0.25) is 4.98 Å². The van der Waals surface area contributed by atoms with Gasteiger partial charge in [-0.25, -0.2) is 4.79 Å². The summed E-state index contributed by atoms with van der Waals surface area (Å²) in [5, 5.41) is 4.15. The minimum Gasteiger partial charge on any atom is -0.497 e. The molecule has 1 fully saturated rings. The molecule has 2 aromatic carbocycles. The van der Waals surface area contributed by atoms with Gasteiger partial charge in [0.1, 0.15) is 5.75 Å². The topological polar surface area (TPSA) is 68.6 Å². The normalized spacial score (nSPS) is 17.0. The molecule has 0 aliphatic carbocycles. The number of rotatable bonds is 6. The lowest BCUT2D eigenvalue weighted by molar-refractivity contribution is 0.0600. The van der Waals surface area contributed by atoms with Gasteiger partial charge in [0, 0.05) is 35.0 Å². The Bertz CT molecular complexity index is 1450. The van der Waals surface area contributed by atoms with Crippen LogP contribution < -0.4 is 15.0 Å². The van der Waals surface area contributed by atoms with Crippen LogP contribution in [0.2, 0.25) is 0 Å². The third-order valence-corrected chi connectivity index (χ3v) is 7.08. The van der Waals surface area contributed by atoms with Crippen LogP contribution in [0.5, 0.6) is 5.75 Å². The fourth-order valence-electron chi connectivity index (χ4n) is 5.06. The molecule has 1 saturated heterocycles. The van der Waals surface area contributed by atoms with Crippen LogP contribution in [0.1, 0.15) is 45.1 Å². The summed E-state index contributed by atoms with van der Waals surface area (Å²) in [6.45, 7) is 4.19. The Morgan fingerprint density at radius 2 is 1.76 bits per heavy atom. The number of hydrogen-bond donors (Lipinski definition) is 1. The summed E-state index contributed by atoms with van der Waals surface area (Å²) in [5.74, 6) is 0.405. The van der Waals surface area contributed by atoms with Crippen molar-refractivity contribution < 1.29 is 14.3 Å². The van der Waals surface area contributed by atoms with Crippen molar-refractivity contribution in [2.24, 2.45) is 0 Å². The molecule has 1 aliphatic heterocycles. The fraction of sp³-hybridized carbons (Fsp3) is 0.207. The van der Waals surface area contributed by atoms with E-state index in [0.717, 1.165) is 39.8 Å². The van der Waals surface area contributed by atoms with E-state index >= 15 is 0 Å². The van der Waals surface area contributed by atoms with Crippen molar-refractivity contribution in [1.29, 1.82) is 0 Å². The highest BCUT2D eigenvalue weighted by molar-refractivity contribution is 7.80. The fourth-order valence-corrected chi connectivity index (χ4v) is 5.40. The first-order valence-corrected chi connectivity index (χ1v) is 12.4. The van der Waals surface area contributed by atoms with Crippen molar-refractivity contribution in [2.75, 3.05) is 19.1 Å². The Balaban J connectivity index is 1.63. The van der Waals surface area contributed by atoms with E-state index in [2.05, 4.69) is 39.7 Å². The number of carbonyl (C=O) groups is 1. The standard InChI is InChI=1S/C29H28N4O3S/c1-18-16-24(19(2)32(18)21-13-11-20(12-14-21)28(34)36-4)27-26(25-10-5-6-15-30-25)31-29(37)33(27)22-8-7-9-23(17-22)35-3/h5-17,26-27H,1-4H3,(H,31,37)/t26-,27+/m1/s1. The monoisotopic (exact) mass is 512 g/mol. The molecular formula is C29H28N4O3S. The van der Waals surface area contributed by atoms with Gasteiger partial charge in [0.15, 0.2) is 5.11 Å². The number of thiocarbonyl (C=S) groups is 1. The molecule has 1 aliphatic rings. The first kappa shape index (κ1) is 24.5. The van der Waals surface area contributed by atoms with E-state index < -0.39 is 0 Å². The molecule has 7 nitrogen and oxygen atoms in total. The lowest BCUT2D eigenvalue weighted by Crippen LogP contribution is -2.29.